The molecule has 9 heteroatoms. The highest BCUT2D eigenvalue weighted by atomic mass is 19.4. The first-order valence-electron chi connectivity index (χ1n) is 7.01. The summed E-state index contributed by atoms with van der Waals surface area (Å²) in [7, 11) is 0. The van der Waals surface area contributed by atoms with Crippen molar-refractivity contribution in [3.05, 3.63) is 35.1 Å². The third kappa shape index (κ3) is 5.97. The lowest BCUT2D eigenvalue weighted by molar-refractivity contribution is -0.137. The summed E-state index contributed by atoms with van der Waals surface area (Å²) in [5.41, 5.74) is -2.67. The van der Waals surface area contributed by atoms with E-state index in [4.69, 9.17) is 4.74 Å². The van der Waals surface area contributed by atoms with Crippen LogP contribution < -0.4 is 5.32 Å². The lowest BCUT2D eigenvalue weighted by Crippen LogP contribution is -2.39. The Hall–Kier alpha value is -1.87. The predicted octanol–water partition coefficient (Wildman–Crippen LogP) is 2.76. The average molecular weight is 353 g/mol. The Labute approximate surface area is 136 Å². The normalized spacial score (nSPS) is 14.9. The molecule has 24 heavy (non-hydrogen) atoms. The zero-order chi connectivity index (χ0) is 18.7. The molecule has 5 nitrogen and oxygen atoms in total. The van der Waals surface area contributed by atoms with Gasteiger partial charge in [0, 0.05) is 12.1 Å². The van der Waals surface area contributed by atoms with E-state index in [0.717, 1.165) is 0 Å². The van der Waals surface area contributed by atoms with Crippen LogP contribution in [-0.4, -0.2) is 34.6 Å². The Morgan fingerprint density at radius 2 is 1.83 bits per heavy atom. The Balaban J connectivity index is 2.79. The van der Waals surface area contributed by atoms with E-state index in [1.54, 1.807) is 20.8 Å². The third-order valence-corrected chi connectivity index (χ3v) is 2.86. The highest BCUT2D eigenvalue weighted by Gasteiger charge is 2.33. The van der Waals surface area contributed by atoms with Crippen molar-refractivity contribution in [3.8, 4) is 0 Å². The molecule has 2 unspecified atom stereocenters. The van der Waals surface area contributed by atoms with E-state index in [1.807, 2.05) is 0 Å². The summed E-state index contributed by atoms with van der Waals surface area (Å²) in [6.07, 6.45) is -9.29. The molecule has 0 saturated heterocycles. The summed E-state index contributed by atoms with van der Waals surface area (Å²) in [6.45, 7) is 4.29. The monoisotopic (exact) mass is 353 g/mol. The van der Waals surface area contributed by atoms with Gasteiger partial charge in [0.15, 0.2) is 0 Å². The number of alkyl carbamates (subject to hydrolysis) is 1. The van der Waals surface area contributed by atoms with Crippen LogP contribution in [0.15, 0.2) is 18.2 Å². The number of benzene rings is 1. The molecule has 0 bridgehead atoms. The minimum atomic E-state index is -4.72. The number of aliphatic hydroxyl groups is 2. The number of amides is 1. The Morgan fingerprint density at radius 3 is 2.33 bits per heavy atom. The van der Waals surface area contributed by atoms with Gasteiger partial charge in [0.05, 0.1) is 5.56 Å². The van der Waals surface area contributed by atoms with Crippen LogP contribution in [0.2, 0.25) is 0 Å². The van der Waals surface area contributed by atoms with Crippen molar-refractivity contribution in [1.29, 1.82) is 0 Å². The van der Waals surface area contributed by atoms with Crippen LogP contribution in [0.25, 0.3) is 0 Å². The standard InChI is InChI=1S/C15H19F4NO4/c1-14(2,3)24-13(23)20-7-11(21)12(22)9-6-8(15(17,18)19)4-5-10(9)16/h4-6,11-12,21-22H,7H2,1-3H3,(H,20,23). The first-order valence-corrected chi connectivity index (χ1v) is 7.01. The fourth-order valence-electron chi connectivity index (χ4n) is 1.77. The second-order valence-corrected chi connectivity index (χ2v) is 6.13. The zero-order valence-corrected chi connectivity index (χ0v) is 13.3. The van der Waals surface area contributed by atoms with Crippen molar-refractivity contribution in [3.63, 3.8) is 0 Å². The SMILES string of the molecule is CC(C)(C)OC(=O)NCC(O)C(O)c1cc(C(F)(F)F)ccc1F. The van der Waals surface area contributed by atoms with Crippen LogP contribution in [0.1, 0.15) is 38.0 Å². The van der Waals surface area contributed by atoms with Gasteiger partial charge in [-0.25, -0.2) is 9.18 Å². The van der Waals surface area contributed by atoms with Crippen LogP contribution in [-0.2, 0) is 10.9 Å². The summed E-state index contributed by atoms with van der Waals surface area (Å²) in [6, 6.07) is 1.49. The fourth-order valence-corrected chi connectivity index (χ4v) is 1.77. The molecular weight excluding hydrogens is 334 g/mol. The maximum Gasteiger partial charge on any atom is 0.416 e. The Kier molecular flexibility index (Phi) is 6.18. The maximum absolute atomic E-state index is 13.6. The lowest BCUT2D eigenvalue weighted by Gasteiger charge is -2.22. The first-order chi connectivity index (χ1) is 10.8. The molecule has 1 amide bonds. The van der Waals surface area contributed by atoms with Crippen molar-refractivity contribution in [2.75, 3.05) is 6.54 Å². The summed E-state index contributed by atoms with van der Waals surface area (Å²) >= 11 is 0. The van der Waals surface area contributed by atoms with E-state index in [-0.39, 0.29) is 0 Å². The molecule has 136 valence electrons. The summed E-state index contributed by atoms with van der Waals surface area (Å²) in [5, 5.41) is 21.8. The molecule has 0 aliphatic rings. The second-order valence-electron chi connectivity index (χ2n) is 6.13. The Morgan fingerprint density at radius 1 is 1.25 bits per heavy atom. The summed E-state index contributed by atoms with van der Waals surface area (Å²) in [5.74, 6) is -1.10. The largest absolute Gasteiger partial charge is 0.444 e. The first kappa shape index (κ1) is 20.2. The molecule has 0 aliphatic heterocycles. The van der Waals surface area contributed by atoms with Gasteiger partial charge in [-0.3, -0.25) is 0 Å². The van der Waals surface area contributed by atoms with Crippen LogP contribution in [0.3, 0.4) is 0 Å². The number of rotatable bonds is 4. The van der Waals surface area contributed by atoms with Gasteiger partial charge in [0.1, 0.15) is 23.6 Å². The van der Waals surface area contributed by atoms with Gasteiger partial charge in [0.25, 0.3) is 0 Å². The van der Waals surface area contributed by atoms with Gasteiger partial charge in [-0.2, -0.15) is 13.2 Å². The second kappa shape index (κ2) is 7.35. The highest BCUT2D eigenvalue weighted by Crippen LogP contribution is 2.32. The number of carbonyl (C=O) groups is 1. The zero-order valence-electron chi connectivity index (χ0n) is 13.3. The van der Waals surface area contributed by atoms with Gasteiger partial charge in [-0.1, -0.05) is 0 Å². The lowest BCUT2D eigenvalue weighted by atomic mass is 10.0. The summed E-state index contributed by atoms with van der Waals surface area (Å²) in [4.78, 5) is 11.4. The van der Waals surface area contributed by atoms with E-state index in [9.17, 15) is 32.6 Å². The molecule has 1 rings (SSSR count). The van der Waals surface area contributed by atoms with E-state index >= 15 is 0 Å². The molecule has 1 aromatic carbocycles. The van der Waals surface area contributed by atoms with E-state index < -0.39 is 53.6 Å². The molecule has 0 heterocycles. The fraction of sp³-hybridized carbons (Fsp3) is 0.533. The van der Waals surface area contributed by atoms with Gasteiger partial charge >= 0.3 is 12.3 Å². The smallest absolute Gasteiger partial charge is 0.416 e. The van der Waals surface area contributed by atoms with Crippen LogP contribution in [0, 0.1) is 5.82 Å². The van der Waals surface area contributed by atoms with Crippen molar-refractivity contribution < 1.29 is 37.3 Å². The van der Waals surface area contributed by atoms with E-state index in [2.05, 4.69) is 5.32 Å². The van der Waals surface area contributed by atoms with E-state index in [0.29, 0.717) is 18.2 Å². The molecule has 0 saturated carbocycles. The highest BCUT2D eigenvalue weighted by molar-refractivity contribution is 5.67. The van der Waals surface area contributed by atoms with Gasteiger partial charge < -0.3 is 20.3 Å². The molecule has 3 N–H and O–H groups in total. The third-order valence-electron chi connectivity index (χ3n) is 2.86. The molecule has 0 spiro atoms. The molecule has 2 atom stereocenters. The van der Waals surface area contributed by atoms with Crippen LogP contribution >= 0.6 is 0 Å². The molecule has 0 aromatic heterocycles. The minimum Gasteiger partial charge on any atom is -0.444 e. The number of carbonyl (C=O) groups excluding carboxylic acids is 1. The van der Waals surface area contributed by atoms with Gasteiger partial charge in [0.2, 0.25) is 0 Å². The number of ether oxygens (including phenoxy) is 1. The van der Waals surface area contributed by atoms with Crippen molar-refractivity contribution in [2.45, 2.75) is 44.8 Å². The Bertz CT molecular complexity index is 584. The number of halogens is 4. The quantitative estimate of drug-likeness (QED) is 0.728. The maximum atomic E-state index is 13.6. The molecule has 0 radical (unpaired) electrons. The van der Waals surface area contributed by atoms with Crippen LogP contribution in [0.4, 0.5) is 22.4 Å². The predicted molar refractivity (Wildman–Crippen MR) is 76.6 cm³/mol. The minimum absolute atomic E-state index is 0.413. The van der Waals surface area contributed by atoms with Crippen molar-refractivity contribution >= 4 is 6.09 Å². The molecule has 0 fully saturated rings. The number of aliphatic hydroxyl groups excluding tert-OH is 2. The topological polar surface area (TPSA) is 78.8 Å². The molecular formula is C15H19F4NO4. The van der Waals surface area contributed by atoms with Gasteiger partial charge in [-0.05, 0) is 39.0 Å². The van der Waals surface area contributed by atoms with Crippen molar-refractivity contribution in [2.24, 2.45) is 0 Å². The summed E-state index contributed by atoms with van der Waals surface area (Å²) < 4.78 is 56.4. The number of hydrogen-bond acceptors (Lipinski definition) is 4. The number of alkyl halides is 3. The number of hydrogen-bond donors (Lipinski definition) is 3. The van der Waals surface area contributed by atoms with Gasteiger partial charge in [-0.15, -0.1) is 0 Å². The molecule has 0 aliphatic carbocycles. The van der Waals surface area contributed by atoms with Crippen LogP contribution in [0.5, 0.6) is 0 Å². The average Bonchev–Trinajstić information content (AvgIpc) is 2.41. The van der Waals surface area contributed by atoms with E-state index in [1.165, 1.54) is 0 Å². The molecule has 1 aromatic rings. The van der Waals surface area contributed by atoms with Crippen molar-refractivity contribution in [1.82, 2.24) is 5.32 Å². The number of nitrogens with one attached hydrogen (secondary N) is 1.